The Hall–Kier alpha value is -3.65. The van der Waals surface area contributed by atoms with Crippen molar-refractivity contribution in [3.05, 3.63) is 95.6 Å². The van der Waals surface area contributed by atoms with E-state index in [1.807, 2.05) is 57.2 Å². The number of rotatable bonds is 10. The lowest BCUT2D eigenvalue weighted by Gasteiger charge is -2.32. The number of hydrogen-bond donors (Lipinski definition) is 1. The molecular formula is C29H35N3O4S. The second-order valence-corrected chi connectivity index (χ2v) is 11.3. The van der Waals surface area contributed by atoms with Gasteiger partial charge in [0, 0.05) is 12.6 Å². The molecule has 0 heterocycles. The number of para-hydroxylation sites is 1. The Morgan fingerprint density at radius 2 is 1.43 bits per heavy atom. The minimum atomic E-state index is -4.07. The largest absolute Gasteiger partial charge is 0.352 e. The Bertz CT molecular complexity index is 1320. The molecular weight excluding hydrogens is 486 g/mol. The first kappa shape index (κ1) is 27.9. The fourth-order valence-corrected chi connectivity index (χ4v) is 5.44. The number of aryl methyl sites for hydroxylation is 2. The number of benzene rings is 3. The molecule has 3 aromatic carbocycles. The average molecular weight is 522 g/mol. The van der Waals surface area contributed by atoms with Gasteiger partial charge in [0.1, 0.15) is 12.6 Å². The van der Waals surface area contributed by atoms with Crippen molar-refractivity contribution in [3.8, 4) is 0 Å². The third kappa shape index (κ3) is 6.98. The van der Waals surface area contributed by atoms with Gasteiger partial charge >= 0.3 is 0 Å². The molecule has 1 N–H and O–H groups in total. The molecule has 37 heavy (non-hydrogen) atoms. The number of anilines is 1. The monoisotopic (exact) mass is 521 g/mol. The van der Waals surface area contributed by atoms with E-state index in [1.54, 1.807) is 56.3 Å². The van der Waals surface area contributed by atoms with Crippen molar-refractivity contribution in [1.29, 1.82) is 0 Å². The lowest BCUT2D eigenvalue weighted by molar-refractivity contribution is -0.139. The summed E-state index contributed by atoms with van der Waals surface area (Å²) in [5, 5.41) is 2.85. The van der Waals surface area contributed by atoms with Gasteiger partial charge in [-0.1, -0.05) is 66.2 Å². The first-order valence-electron chi connectivity index (χ1n) is 12.3. The molecule has 0 bridgehead atoms. The number of hydrogen-bond acceptors (Lipinski definition) is 4. The molecule has 0 aromatic heterocycles. The van der Waals surface area contributed by atoms with E-state index >= 15 is 0 Å². The minimum Gasteiger partial charge on any atom is -0.352 e. The maximum absolute atomic E-state index is 13.8. The molecule has 0 spiro atoms. The maximum Gasteiger partial charge on any atom is 0.264 e. The van der Waals surface area contributed by atoms with Crippen LogP contribution in [0.15, 0.2) is 83.8 Å². The van der Waals surface area contributed by atoms with Crippen LogP contribution in [0.5, 0.6) is 0 Å². The molecule has 0 fully saturated rings. The number of carbonyl (C=O) groups is 2. The molecule has 1 atom stereocenters. The summed E-state index contributed by atoms with van der Waals surface area (Å²) in [6.07, 6.45) is 0. The molecule has 0 aliphatic rings. The fourth-order valence-electron chi connectivity index (χ4n) is 3.96. The summed E-state index contributed by atoms with van der Waals surface area (Å²) in [4.78, 5) is 28.3. The van der Waals surface area contributed by atoms with Gasteiger partial charge in [-0.25, -0.2) is 8.42 Å². The standard InChI is InChI=1S/C29H35N3O4S/c1-21(2)30-29(34)24(5)31(19-25-12-7-6-8-13-25)28(33)20-32(27-14-10-9-11-23(27)4)37(35,36)26-17-15-22(3)16-18-26/h6-18,21,24H,19-20H2,1-5H3,(H,30,34). The van der Waals surface area contributed by atoms with Crippen LogP contribution >= 0.6 is 0 Å². The van der Waals surface area contributed by atoms with Crippen LogP contribution in [-0.2, 0) is 26.2 Å². The van der Waals surface area contributed by atoms with Gasteiger partial charge in [-0.15, -0.1) is 0 Å². The zero-order valence-corrected chi connectivity index (χ0v) is 22.8. The van der Waals surface area contributed by atoms with E-state index in [1.165, 1.54) is 4.90 Å². The highest BCUT2D eigenvalue weighted by Gasteiger charge is 2.33. The van der Waals surface area contributed by atoms with Crippen LogP contribution in [0.1, 0.15) is 37.5 Å². The second kappa shape index (κ2) is 12.1. The van der Waals surface area contributed by atoms with Crippen LogP contribution in [0, 0.1) is 13.8 Å². The molecule has 3 aromatic rings. The SMILES string of the molecule is Cc1ccc(S(=O)(=O)N(CC(=O)N(Cc2ccccc2)C(C)C(=O)NC(C)C)c2ccccc2C)cc1. The molecule has 1 unspecified atom stereocenters. The summed E-state index contributed by atoms with van der Waals surface area (Å²) < 4.78 is 28.8. The summed E-state index contributed by atoms with van der Waals surface area (Å²) in [6.45, 7) is 8.75. The highest BCUT2D eigenvalue weighted by atomic mass is 32.2. The zero-order valence-electron chi connectivity index (χ0n) is 22.0. The van der Waals surface area contributed by atoms with Gasteiger partial charge in [-0.2, -0.15) is 0 Å². The predicted molar refractivity (Wildman–Crippen MR) is 147 cm³/mol. The van der Waals surface area contributed by atoms with Crippen molar-refractivity contribution in [3.63, 3.8) is 0 Å². The molecule has 0 radical (unpaired) electrons. The number of carbonyl (C=O) groups excluding carboxylic acids is 2. The Morgan fingerprint density at radius 3 is 2.03 bits per heavy atom. The van der Waals surface area contributed by atoms with E-state index in [4.69, 9.17) is 0 Å². The normalized spacial score (nSPS) is 12.2. The van der Waals surface area contributed by atoms with Crippen molar-refractivity contribution >= 4 is 27.5 Å². The smallest absolute Gasteiger partial charge is 0.264 e. The van der Waals surface area contributed by atoms with E-state index in [0.29, 0.717) is 11.3 Å². The van der Waals surface area contributed by atoms with Crippen LogP contribution < -0.4 is 9.62 Å². The Morgan fingerprint density at radius 1 is 0.838 bits per heavy atom. The number of nitrogens with zero attached hydrogens (tertiary/aromatic N) is 2. The topological polar surface area (TPSA) is 86.8 Å². The van der Waals surface area contributed by atoms with Crippen molar-refractivity contribution in [2.24, 2.45) is 0 Å². The third-order valence-electron chi connectivity index (χ3n) is 6.07. The minimum absolute atomic E-state index is 0.0920. The first-order chi connectivity index (χ1) is 17.5. The van der Waals surface area contributed by atoms with Crippen LogP contribution in [-0.4, -0.2) is 43.8 Å². The molecule has 0 saturated heterocycles. The molecule has 7 nitrogen and oxygen atoms in total. The van der Waals surface area contributed by atoms with Gasteiger partial charge in [0.05, 0.1) is 10.6 Å². The van der Waals surface area contributed by atoms with Crippen LogP contribution in [0.4, 0.5) is 5.69 Å². The Balaban J connectivity index is 2.03. The predicted octanol–water partition coefficient (Wildman–Crippen LogP) is 4.44. The van der Waals surface area contributed by atoms with Gasteiger partial charge in [-0.05, 0) is 63.9 Å². The van der Waals surface area contributed by atoms with Crippen molar-refractivity contribution in [2.75, 3.05) is 10.8 Å². The summed E-state index contributed by atoms with van der Waals surface area (Å²) in [6, 6.07) is 22.0. The molecule has 196 valence electrons. The Labute approximate surface area is 220 Å². The molecule has 8 heteroatoms. The van der Waals surface area contributed by atoms with Crippen molar-refractivity contribution in [1.82, 2.24) is 10.2 Å². The quantitative estimate of drug-likeness (QED) is 0.427. The molecule has 0 aliphatic heterocycles. The summed E-state index contributed by atoms with van der Waals surface area (Å²) in [5.74, 6) is -0.780. The highest BCUT2D eigenvalue weighted by molar-refractivity contribution is 7.92. The highest BCUT2D eigenvalue weighted by Crippen LogP contribution is 2.27. The molecule has 3 rings (SSSR count). The van der Waals surface area contributed by atoms with E-state index < -0.39 is 28.5 Å². The fraction of sp³-hybridized carbons (Fsp3) is 0.310. The number of sulfonamides is 1. The van der Waals surface area contributed by atoms with Gasteiger partial charge < -0.3 is 10.2 Å². The number of nitrogens with one attached hydrogen (secondary N) is 1. The zero-order chi connectivity index (χ0) is 27.2. The van der Waals surface area contributed by atoms with Gasteiger partial charge in [0.2, 0.25) is 11.8 Å². The van der Waals surface area contributed by atoms with Crippen LogP contribution in [0.2, 0.25) is 0 Å². The Kier molecular flexibility index (Phi) is 9.10. The maximum atomic E-state index is 13.8. The van der Waals surface area contributed by atoms with Crippen molar-refractivity contribution in [2.45, 2.75) is 58.1 Å². The van der Waals surface area contributed by atoms with Gasteiger partial charge in [-0.3, -0.25) is 13.9 Å². The van der Waals surface area contributed by atoms with E-state index in [-0.39, 0.29) is 23.4 Å². The number of amides is 2. The van der Waals surface area contributed by atoms with E-state index in [9.17, 15) is 18.0 Å². The van der Waals surface area contributed by atoms with Crippen LogP contribution in [0.25, 0.3) is 0 Å². The molecule has 2 amide bonds. The first-order valence-corrected chi connectivity index (χ1v) is 13.7. The van der Waals surface area contributed by atoms with Gasteiger partial charge in [0.25, 0.3) is 10.0 Å². The third-order valence-corrected chi connectivity index (χ3v) is 7.84. The van der Waals surface area contributed by atoms with Crippen LogP contribution in [0.3, 0.4) is 0 Å². The average Bonchev–Trinajstić information content (AvgIpc) is 2.86. The lowest BCUT2D eigenvalue weighted by Crippen LogP contribution is -2.52. The molecule has 0 saturated carbocycles. The second-order valence-electron chi connectivity index (χ2n) is 9.46. The summed E-state index contributed by atoms with van der Waals surface area (Å²) >= 11 is 0. The van der Waals surface area contributed by atoms with E-state index in [2.05, 4.69) is 5.32 Å². The lowest BCUT2D eigenvalue weighted by atomic mass is 10.1. The van der Waals surface area contributed by atoms with Gasteiger partial charge in [0.15, 0.2) is 0 Å². The summed E-state index contributed by atoms with van der Waals surface area (Å²) in [7, 11) is -4.07. The summed E-state index contributed by atoms with van der Waals surface area (Å²) in [5.41, 5.74) is 2.89. The molecule has 0 aliphatic carbocycles. The van der Waals surface area contributed by atoms with Crippen molar-refractivity contribution < 1.29 is 18.0 Å². The van der Waals surface area contributed by atoms with E-state index in [0.717, 1.165) is 15.4 Å².